The molecule has 2 aromatic carbocycles. The van der Waals surface area contributed by atoms with Gasteiger partial charge in [-0.2, -0.15) is 0 Å². The van der Waals surface area contributed by atoms with Gasteiger partial charge in [0.1, 0.15) is 28.6 Å². The standard InChI is InChI=1S/C25H31ClN2O6.C11H13ClN2O3/c1-15-6-4-5-9-25(31)14-17(33-24(30)27-25)13-20-19(34-20)7-8-22(29)28(2)18-11-16(10-15)12-21(32-3)23(18)26;1-6(11(16)17)14(2)10(15)7-3-4-9(13)8(12)5-7/h4-6,11-12,17,19-20,31H,7-10,13-14H2,1-3H3,(H,27,30);3-6H,13H2,1-2H3,(H,16,17)/b5-4+,15-6+;/t17?,19?,20?,25-;6-/m10/s1. The molecule has 4 bridgehead atoms. The maximum absolute atomic E-state index is 12.9. The quantitative estimate of drug-likeness (QED) is 0.235. The number of rotatable bonds is 4. The largest absolute Gasteiger partial charge is 0.495 e. The number of aliphatic hydroxyl groups is 1. The van der Waals surface area contributed by atoms with Crippen molar-refractivity contribution in [1.82, 2.24) is 10.2 Å². The van der Waals surface area contributed by atoms with Crippen LogP contribution in [-0.4, -0.2) is 90.3 Å². The molecule has 2 aromatic rings. The summed E-state index contributed by atoms with van der Waals surface area (Å²) >= 11 is 12.3. The lowest BCUT2D eigenvalue weighted by atomic mass is 9.96. The van der Waals surface area contributed by atoms with Gasteiger partial charge in [0.15, 0.2) is 0 Å². The number of nitrogens with two attached hydrogens (primary N) is 1. The van der Waals surface area contributed by atoms with E-state index in [-0.39, 0.29) is 36.0 Å². The Labute approximate surface area is 306 Å². The van der Waals surface area contributed by atoms with Crippen LogP contribution in [0.2, 0.25) is 10.0 Å². The van der Waals surface area contributed by atoms with Crippen molar-refractivity contribution >= 4 is 58.5 Å². The fourth-order valence-electron chi connectivity index (χ4n) is 5.79. The van der Waals surface area contributed by atoms with Crippen LogP contribution in [0.15, 0.2) is 54.1 Å². The third kappa shape index (κ3) is 10.4. The number of hydrogen-bond donors (Lipinski definition) is 4. The average molecular weight is 748 g/mol. The van der Waals surface area contributed by atoms with E-state index in [1.165, 1.54) is 32.2 Å². The predicted molar refractivity (Wildman–Crippen MR) is 193 cm³/mol. The van der Waals surface area contributed by atoms with Crippen molar-refractivity contribution in [1.29, 1.82) is 0 Å². The van der Waals surface area contributed by atoms with Gasteiger partial charge in [-0.25, -0.2) is 9.59 Å². The number of nitrogens with zero attached hydrogens (tertiary/aromatic N) is 2. The summed E-state index contributed by atoms with van der Waals surface area (Å²) in [7, 11) is 4.68. The van der Waals surface area contributed by atoms with Gasteiger partial charge in [0.05, 0.1) is 35.7 Å². The van der Waals surface area contributed by atoms with Gasteiger partial charge in [0.2, 0.25) is 5.91 Å². The Morgan fingerprint density at radius 3 is 2.59 bits per heavy atom. The van der Waals surface area contributed by atoms with Gasteiger partial charge >= 0.3 is 12.1 Å². The molecule has 2 saturated heterocycles. The van der Waals surface area contributed by atoms with Gasteiger partial charge < -0.3 is 40.0 Å². The number of anilines is 2. The van der Waals surface area contributed by atoms with Gasteiger partial charge in [-0.05, 0) is 62.6 Å². The van der Waals surface area contributed by atoms with Crippen LogP contribution in [0.5, 0.6) is 5.75 Å². The Kier molecular flexibility index (Phi) is 13.0. The number of hydrogen-bond acceptors (Lipinski definition) is 9. The number of fused-ring (bicyclic) bond motifs is 5. The number of halogens is 2. The van der Waals surface area contributed by atoms with Crippen molar-refractivity contribution in [3.05, 3.63) is 75.3 Å². The van der Waals surface area contributed by atoms with Gasteiger partial charge in [-0.15, -0.1) is 0 Å². The van der Waals surface area contributed by atoms with Crippen LogP contribution in [0.3, 0.4) is 0 Å². The second-order valence-corrected chi connectivity index (χ2v) is 13.7. The first-order valence-electron chi connectivity index (χ1n) is 16.4. The molecule has 3 amide bonds. The minimum Gasteiger partial charge on any atom is -0.495 e. The fourth-order valence-corrected chi connectivity index (χ4v) is 6.28. The van der Waals surface area contributed by atoms with E-state index in [1.807, 2.05) is 37.3 Å². The van der Waals surface area contributed by atoms with Crippen LogP contribution in [-0.2, 0) is 25.5 Å². The molecule has 51 heavy (non-hydrogen) atoms. The van der Waals surface area contributed by atoms with E-state index in [0.717, 1.165) is 16.0 Å². The highest BCUT2D eigenvalue weighted by Gasteiger charge is 2.45. The highest BCUT2D eigenvalue weighted by molar-refractivity contribution is 6.35. The molecule has 13 nitrogen and oxygen atoms in total. The van der Waals surface area contributed by atoms with Crippen LogP contribution in [0.1, 0.15) is 61.9 Å². The second-order valence-electron chi connectivity index (χ2n) is 12.9. The summed E-state index contributed by atoms with van der Waals surface area (Å²) in [6.45, 7) is 3.43. The van der Waals surface area contributed by atoms with Gasteiger partial charge in [0, 0.05) is 45.3 Å². The summed E-state index contributed by atoms with van der Waals surface area (Å²) in [5, 5.41) is 22.9. The number of benzene rings is 2. The summed E-state index contributed by atoms with van der Waals surface area (Å²) in [5.41, 5.74) is 7.45. The van der Waals surface area contributed by atoms with E-state index in [4.69, 9.17) is 48.3 Å². The summed E-state index contributed by atoms with van der Waals surface area (Å²) in [4.78, 5) is 50.3. The predicted octanol–water partition coefficient (Wildman–Crippen LogP) is 5.35. The molecule has 0 spiro atoms. The monoisotopic (exact) mass is 746 g/mol. The molecule has 0 aromatic heterocycles. The van der Waals surface area contributed by atoms with E-state index in [2.05, 4.69) is 5.32 Å². The molecule has 3 unspecified atom stereocenters. The maximum Gasteiger partial charge on any atom is 0.409 e. The van der Waals surface area contributed by atoms with E-state index in [9.17, 15) is 24.3 Å². The van der Waals surface area contributed by atoms with Crippen molar-refractivity contribution in [2.75, 3.05) is 31.8 Å². The minimum atomic E-state index is -1.37. The van der Waals surface area contributed by atoms with E-state index in [0.29, 0.717) is 53.4 Å². The molecule has 0 aliphatic carbocycles. The number of methoxy groups -OCH3 is 1. The first-order valence-corrected chi connectivity index (χ1v) is 17.1. The van der Waals surface area contributed by atoms with E-state index < -0.39 is 35.8 Å². The SMILES string of the molecule is COc1cc2cc(c1Cl)N(C)C(=O)CCC1OC1CC1C[C@](O)(C/C=C/C=C(\C)C2)NC(=O)O1.C[C@@H](C(=O)O)N(C)C(=O)c1ccc(N)c(Cl)c1. The highest BCUT2D eigenvalue weighted by Crippen LogP contribution is 2.38. The zero-order valence-corrected chi connectivity index (χ0v) is 30.7. The normalized spacial score (nSPS) is 25.7. The zero-order chi connectivity index (χ0) is 37.6. The number of amides is 3. The van der Waals surface area contributed by atoms with Crippen molar-refractivity contribution in [2.24, 2.45) is 0 Å². The molecular weight excluding hydrogens is 703 g/mol. The summed E-state index contributed by atoms with van der Waals surface area (Å²) in [5.74, 6) is -1.05. The molecule has 5 atom stereocenters. The molecule has 0 saturated carbocycles. The number of nitrogen functional groups attached to an aromatic ring is 1. The number of allylic oxidation sites excluding steroid dienone is 3. The molecule has 2 fully saturated rings. The Balaban J connectivity index is 0.000000289. The summed E-state index contributed by atoms with van der Waals surface area (Å²) in [6, 6.07) is 7.32. The average Bonchev–Trinajstić information content (AvgIpc) is 3.82. The molecule has 3 aliphatic heterocycles. The van der Waals surface area contributed by atoms with Crippen molar-refractivity contribution in [3.8, 4) is 5.75 Å². The smallest absolute Gasteiger partial charge is 0.409 e. The zero-order valence-electron chi connectivity index (χ0n) is 29.2. The number of likely N-dealkylation sites (N-methyl/N-ethyl adjacent to an activating group) is 1. The number of aliphatic carboxylic acids is 1. The van der Waals surface area contributed by atoms with Crippen LogP contribution < -0.4 is 20.7 Å². The maximum atomic E-state index is 12.9. The third-order valence-electron chi connectivity index (χ3n) is 9.00. The molecule has 3 heterocycles. The summed E-state index contributed by atoms with van der Waals surface area (Å²) in [6.07, 6.45) is 6.86. The molecule has 3 aliphatic rings. The number of carbonyl (C=O) groups excluding carboxylic acids is 3. The Morgan fingerprint density at radius 2 is 1.92 bits per heavy atom. The van der Waals surface area contributed by atoms with Crippen molar-refractivity contribution in [3.63, 3.8) is 0 Å². The lowest BCUT2D eigenvalue weighted by molar-refractivity contribution is -0.141. The van der Waals surface area contributed by atoms with Crippen LogP contribution in [0.25, 0.3) is 0 Å². The first-order chi connectivity index (χ1) is 24.0. The summed E-state index contributed by atoms with van der Waals surface area (Å²) < 4.78 is 16.5. The first kappa shape index (κ1) is 39.5. The number of nitrogens with one attached hydrogen (secondary N) is 1. The fraction of sp³-hybridized carbons (Fsp3) is 0.444. The highest BCUT2D eigenvalue weighted by atomic mass is 35.5. The Hall–Kier alpha value is -4.30. The molecule has 0 radical (unpaired) electrons. The van der Waals surface area contributed by atoms with E-state index in [1.54, 1.807) is 19.1 Å². The number of ether oxygens (including phenoxy) is 3. The number of carboxylic acid groups (broad SMARTS) is 1. The number of carboxylic acids is 1. The lowest BCUT2D eigenvalue weighted by Crippen LogP contribution is -2.56. The van der Waals surface area contributed by atoms with Crippen LogP contribution in [0, 0.1) is 0 Å². The number of carbonyl (C=O) groups is 4. The van der Waals surface area contributed by atoms with Gasteiger partial charge in [-0.3, -0.25) is 14.9 Å². The van der Waals surface area contributed by atoms with Crippen molar-refractivity contribution < 1.29 is 43.6 Å². The molecular formula is C36H44Cl2N4O9. The topological polar surface area (TPSA) is 184 Å². The Morgan fingerprint density at radius 1 is 1.20 bits per heavy atom. The minimum absolute atomic E-state index is 0.0777. The van der Waals surface area contributed by atoms with Gasteiger partial charge in [0.25, 0.3) is 5.91 Å². The van der Waals surface area contributed by atoms with E-state index >= 15 is 0 Å². The molecule has 5 rings (SSSR count). The number of epoxide rings is 1. The molecule has 15 heteroatoms. The third-order valence-corrected chi connectivity index (χ3v) is 9.70. The van der Waals surface area contributed by atoms with Gasteiger partial charge in [-0.1, -0.05) is 47.0 Å². The van der Waals surface area contributed by atoms with Crippen molar-refractivity contribution in [2.45, 2.75) is 82.5 Å². The second kappa shape index (κ2) is 16.8. The molecule has 276 valence electrons. The molecule has 5 N–H and O–H groups in total. The van der Waals surface area contributed by atoms with Crippen LogP contribution in [0.4, 0.5) is 16.2 Å². The number of alkyl carbamates (subject to hydrolysis) is 1. The Bertz CT molecular complexity index is 1720. The van der Waals surface area contributed by atoms with Crippen LogP contribution >= 0.6 is 23.2 Å². The lowest BCUT2D eigenvalue weighted by Gasteiger charge is -2.36.